The van der Waals surface area contributed by atoms with E-state index >= 15 is 0 Å². The molecule has 0 unspecified atom stereocenters. The smallest absolute Gasteiger partial charge is 0.228 e. The van der Waals surface area contributed by atoms with Crippen molar-refractivity contribution >= 4 is 39.0 Å². The van der Waals surface area contributed by atoms with Crippen LogP contribution in [0.4, 0.5) is 11.4 Å². The molecule has 0 saturated carbocycles. The van der Waals surface area contributed by atoms with Crippen molar-refractivity contribution in [1.29, 1.82) is 0 Å². The van der Waals surface area contributed by atoms with Crippen LogP contribution in [0.5, 0.6) is 0 Å². The van der Waals surface area contributed by atoms with Crippen LogP contribution < -0.4 is 10.2 Å². The molecule has 0 atom stereocenters. The molecule has 1 aromatic heterocycles. The predicted octanol–water partition coefficient (Wildman–Crippen LogP) is 5.61. The molecule has 0 aliphatic carbocycles. The SMILES string of the molecule is CCN(CC)c1ccc(NC(=O)Cc2coc3ccc4ccccc4c23)cc1. The lowest BCUT2D eigenvalue weighted by atomic mass is 10.0. The van der Waals surface area contributed by atoms with Gasteiger partial charge in [0.2, 0.25) is 5.91 Å². The van der Waals surface area contributed by atoms with Gasteiger partial charge >= 0.3 is 0 Å². The van der Waals surface area contributed by atoms with Crippen LogP contribution in [0, 0.1) is 0 Å². The van der Waals surface area contributed by atoms with Crippen LogP contribution in [-0.4, -0.2) is 19.0 Å². The van der Waals surface area contributed by atoms with Crippen molar-refractivity contribution in [2.45, 2.75) is 20.3 Å². The first-order chi connectivity index (χ1) is 13.7. The summed E-state index contributed by atoms with van der Waals surface area (Å²) >= 11 is 0. The molecule has 142 valence electrons. The number of furan rings is 1. The third-order valence-electron chi connectivity index (χ3n) is 5.17. The molecule has 28 heavy (non-hydrogen) atoms. The van der Waals surface area contributed by atoms with Crippen LogP contribution in [0.15, 0.2) is 71.3 Å². The molecule has 1 heterocycles. The molecule has 4 aromatic rings. The second-order valence-corrected chi connectivity index (χ2v) is 6.86. The first-order valence-electron chi connectivity index (χ1n) is 9.72. The van der Waals surface area contributed by atoms with Crippen LogP contribution >= 0.6 is 0 Å². The molecule has 0 saturated heterocycles. The molecule has 0 aliphatic rings. The molecule has 0 aliphatic heterocycles. The van der Waals surface area contributed by atoms with E-state index in [1.165, 1.54) is 0 Å². The number of hydrogen-bond acceptors (Lipinski definition) is 3. The number of anilines is 2. The largest absolute Gasteiger partial charge is 0.464 e. The van der Waals surface area contributed by atoms with E-state index in [1.807, 2.05) is 48.5 Å². The molecule has 4 rings (SSSR count). The Morgan fingerprint density at radius 2 is 1.71 bits per heavy atom. The van der Waals surface area contributed by atoms with Gasteiger partial charge in [-0.25, -0.2) is 0 Å². The van der Waals surface area contributed by atoms with Crippen molar-refractivity contribution in [2.24, 2.45) is 0 Å². The Balaban J connectivity index is 1.53. The van der Waals surface area contributed by atoms with E-state index in [0.717, 1.165) is 51.8 Å². The van der Waals surface area contributed by atoms with Gasteiger partial charge in [0.25, 0.3) is 0 Å². The van der Waals surface area contributed by atoms with Crippen LogP contribution in [0.25, 0.3) is 21.7 Å². The predicted molar refractivity (Wildman–Crippen MR) is 116 cm³/mol. The average molecular weight is 372 g/mol. The average Bonchev–Trinajstić information content (AvgIpc) is 3.13. The van der Waals surface area contributed by atoms with Gasteiger partial charge in [0.1, 0.15) is 5.58 Å². The molecule has 1 N–H and O–H groups in total. The molecule has 0 bridgehead atoms. The second-order valence-electron chi connectivity index (χ2n) is 6.86. The van der Waals surface area contributed by atoms with Gasteiger partial charge in [-0.3, -0.25) is 4.79 Å². The molecular weight excluding hydrogens is 348 g/mol. The zero-order valence-electron chi connectivity index (χ0n) is 16.2. The number of hydrogen-bond donors (Lipinski definition) is 1. The fourth-order valence-corrected chi connectivity index (χ4v) is 3.73. The summed E-state index contributed by atoms with van der Waals surface area (Å²) < 4.78 is 5.69. The number of amides is 1. The second kappa shape index (κ2) is 7.77. The van der Waals surface area contributed by atoms with Crippen molar-refractivity contribution in [2.75, 3.05) is 23.3 Å². The summed E-state index contributed by atoms with van der Waals surface area (Å²) in [6.45, 7) is 6.20. The third kappa shape index (κ3) is 3.46. The minimum atomic E-state index is -0.0498. The summed E-state index contributed by atoms with van der Waals surface area (Å²) in [5.41, 5.74) is 3.68. The van der Waals surface area contributed by atoms with E-state index in [2.05, 4.69) is 36.2 Å². The number of fused-ring (bicyclic) bond motifs is 3. The van der Waals surface area contributed by atoms with Gasteiger partial charge in [-0.2, -0.15) is 0 Å². The number of nitrogens with one attached hydrogen (secondary N) is 1. The van der Waals surface area contributed by atoms with Gasteiger partial charge in [0.15, 0.2) is 0 Å². The van der Waals surface area contributed by atoms with Gasteiger partial charge in [-0.15, -0.1) is 0 Å². The van der Waals surface area contributed by atoms with Crippen LogP contribution in [-0.2, 0) is 11.2 Å². The molecule has 4 heteroatoms. The normalized spacial score (nSPS) is 11.1. The Morgan fingerprint density at radius 1 is 0.964 bits per heavy atom. The maximum atomic E-state index is 12.6. The Morgan fingerprint density at radius 3 is 2.46 bits per heavy atom. The van der Waals surface area contributed by atoms with E-state index in [9.17, 15) is 4.79 Å². The quantitative estimate of drug-likeness (QED) is 0.478. The Hall–Kier alpha value is -3.27. The third-order valence-corrected chi connectivity index (χ3v) is 5.17. The van der Waals surface area contributed by atoms with Crippen molar-refractivity contribution in [3.05, 3.63) is 72.5 Å². The van der Waals surface area contributed by atoms with E-state index in [4.69, 9.17) is 4.42 Å². The molecule has 0 fully saturated rings. The highest BCUT2D eigenvalue weighted by atomic mass is 16.3. The maximum absolute atomic E-state index is 12.6. The minimum Gasteiger partial charge on any atom is -0.464 e. The Kier molecular flexibility index (Phi) is 5.02. The Bertz CT molecular complexity index is 1110. The lowest BCUT2D eigenvalue weighted by Gasteiger charge is -2.21. The van der Waals surface area contributed by atoms with Crippen LogP contribution in [0.3, 0.4) is 0 Å². The van der Waals surface area contributed by atoms with Gasteiger partial charge < -0.3 is 14.6 Å². The van der Waals surface area contributed by atoms with Crippen LogP contribution in [0.2, 0.25) is 0 Å². The lowest BCUT2D eigenvalue weighted by molar-refractivity contribution is -0.115. The zero-order valence-corrected chi connectivity index (χ0v) is 16.2. The molecule has 0 spiro atoms. The molecule has 3 aromatic carbocycles. The highest BCUT2D eigenvalue weighted by molar-refractivity contribution is 6.09. The molecule has 1 amide bonds. The lowest BCUT2D eigenvalue weighted by Crippen LogP contribution is -2.21. The molecule has 0 radical (unpaired) electrons. The standard InChI is InChI=1S/C24H24N2O2/c1-3-26(4-2)20-12-10-19(11-13-20)25-23(27)15-18-16-28-22-14-9-17-7-5-6-8-21(17)24(18)22/h5-14,16H,3-4,15H2,1-2H3,(H,25,27). The fraction of sp³-hybridized carbons (Fsp3) is 0.208. The van der Waals surface area contributed by atoms with Gasteiger partial charge in [0.05, 0.1) is 12.7 Å². The summed E-state index contributed by atoms with van der Waals surface area (Å²) in [6, 6.07) is 20.2. The fourth-order valence-electron chi connectivity index (χ4n) is 3.73. The zero-order chi connectivity index (χ0) is 19.5. The number of nitrogens with zero attached hydrogens (tertiary/aromatic N) is 1. The maximum Gasteiger partial charge on any atom is 0.228 e. The van der Waals surface area contributed by atoms with Crippen molar-refractivity contribution < 1.29 is 9.21 Å². The number of benzene rings is 3. The highest BCUT2D eigenvalue weighted by Gasteiger charge is 2.13. The van der Waals surface area contributed by atoms with Crippen LogP contribution in [0.1, 0.15) is 19.4 Å². The summed E-state index contributed by atoms with van der Waals surface area (Å²) in [5, 5.41) is 6.27. The highest BCUT2D eigenvalue weighted by Crippen LogP contribution is 2.30. The molecule has 4 nitrogen and oxygen atoms in total. The summed E-state index contributed by atoms with van der Waals surface area (Å²) in [6.07, 6.45) is 1.97. The van der Waals surface area contributed by atoms with Gasteiger partial charge in [-0.05, 0) is 55.0 Å². The van der Waals surface area contributed by atoms with Crippen molar-refractivity contribution in [1.82, 2.24) is 0 Å². The van der Waals surface area contributed by atoms with E-state index in [-0.39, 0.29) is 12.3 Å². The number of rotatable bonds is 6. The molecular formula is C24H24N2O2. The van der Waals surface area contributed by atoms with Crippen molar-refractivity contribution in [3.8, 4) is 0 Å². The van der Waals surface area contributed by atoms with E-state index in [1.54, 1.807) is 6.26 Å². The van der Waals surface area contributed by atoms with E-state index < -0.39 is 0 Å². The first kappa shape index (κ1) is 18.1. The summed E-state index contributed by atoms with van der Waals surface area (Å²) in [7, 11) is 0. The number of carbonyl (C=O) groups excluding carboxylic acids is 1. The monoisotopic (exact) mass is 372 g/mol. The summed E-state index contributed by atoms with van der Waals surface area (Å²) in [5.74, 6) is -0.0498. The first-order valence-corrected chi connectivity index (χ1v) is 9.72. The Labute approximate surface area is 164 Å². The minimum absolute atomic E-state index is 0.0498. The topological polar surface area (TPSA) is 45.5 Å². The van der Waals surface area contributed by atoms with Crippen molar-refractivity contribution in [3.63, 3.8) is 0 Å². The van der Waals surface area contributed by atoms with E-state index in [0.29, 0.717) is 0 Å². The van der Waals surface area contributed by atoms with Gasteiger partial charge in [0, 0.05) is 35.4 Å². The van der Waals surface area contributed by atoms with Gasteiger partial charge in [-0.1, -0.05) is 30.3 Å². The summed E-state index contributed by atoms with van der Waals surface area (Å²) in [4.78, 5) is 14.9. The number of carbonyl (C=O) groups is 1.